The van der Waals surface area contributed by atoms with Gasteiger partial charge in [0.05, 0.1) is 0 Å². The molecule has 0 heterocycles. The minimum atomic E-state index is -2.81. The Hall–Kier alpha value is -1.63. The number of unbranched alkanes of at least 4 members (excludes halogenated alkanes) is 34. The third-order valence-corrected chi connectivity index (χ3v) is 12.8. The second-order valence-electron chi connectivity index (χ2n) is 18.6. The van der Waals surface area contributed by atoms with E-state index in [1.54, 1.807) is 0 Å². The smallest absolute Gasteiger partial charge is 0.189 e. The molecule has 0 fully saturated rings. The van der Waals surface area contributed by atoms with Gasteiger partial charge in [-0.05, 0) is 70.6 Å². The van der Waals surface area contributed by atoms with E-state index in [9.17, 15) is 29.7 Å². The van der Waals surface area contributed by atoms with E-state index < -0.39 is 35.2 Å². The van der Waals surface area contributed by atoms with Crippen molar-refractivity contribution in [3.05, 3.63) is 24.3 Å². The third-order valence-electron chi connectivity index (χ3n) is 12.8. The molecule has 0 saturated heterocycles. The molecule has 6 heteroatoms. The molecule has 358 valence electrons. The quantitative estimate of drug-likeness (QED) is 0.0415. The lowest BCUT2D eigenvalue weighted by Crippen LogP contribution is -2.63. The molecule has 0 bridgehead atoms. The summed E-state index contributed by atoms with van der Waals surface area (Å²) in [4.78, 5) is 40.1. The minimum absolute atomic E-state index is 0.00278. The molecule has 2 unspecified atom stereocenters. The van der Waals surface area contributed by atoms with Gasteiger partial charge in [0.2, 0.25) is 0 Å². The Morgan fingerprint density at radius 2 is 0.557 bits per heavy atom. The van der Waals surface area contributed by atoms with E-state index in [0.717, 1.165) is 96.3 Å². The first kappa shape index (κ1) is 59.4. The summed E-state index contributed by atoms with van der Waals surface area (Å²) in [5.74, 6) is -2.15. The van der Waals surface area contributed by atoms with Crippen LogP contribution in [-0.2, 0) is 14.4 Å². The van der Waals surface area contributed by atoms with Gasteiger partial charge in [-0.3, -0.25) is 14.4 Å². The zero-order valence-electron chi connectivity index (χ0n) is 40.7. The number of allylic oxidation sites excluding steroid dienone is 4. The summed E-state index contributed by atoms with van der Waals surface area (Å²) in [5, 5.41) is 34.1. The van der Waals surface area contributed by atoms with Crippen molar-refractivity contribution in [2.75, 3.05) is 0 Å². The summed E-state index contributed by atoms with van der Waals surface area (Å²) in [5.41, 5.74) is -2.81. The van der Waals surface area contributed by atoms with E-state index in [1.807, 2.05) is 0 Å². The van der Waals surface area contributed by atoms with Crippen molar-refractivity contribution in [3.63, 3.8) is 0 Å². The number of aliphatic hydroxyl groups is 3. The number of hydrogen-bond donors (Lipinski definition) is 3. The third kappa shape index (κ3) is 34.5. The van der Waals surface area contributed by atoms with Gasteiger partial charge in [0.15, 0.2) is 35.2 Å². The summed E-state index contributed by atoms with van der Waals surface area (Å²) in [6.07, 6.45) is 48.9. The number of aliphatic hydroxyl groups excluding tert-OH is 2. The van der Waals surface area contributed by atoms with Crippen molar-refractivity contribution in [2.24, 2.45) is 0 Å². The normalized spacial score (nSPS) is 13.9. The Labute approximate surface area is 378 Å². The lowest BCUT2D eigenvalue weighted by Gasteiger charge is -2.34. The summed E-state index contributed by atoms with van der Waals surface area (Å²) in [6.45, 7) is 6.74. The molecule has 2 atom stereocenters. The number of ketones is 3. The van der Waals surface area contributed by atoms with Gasteiger partial charge in [-0.15, -0.1) is 0 Å². The summed E-state index contributed by atoms with van der Waals surface area (Å²) in [7, 11) is 0. The van der Waals surface area contributed by atoms with Gasteiger partial charge in [-0.25, -0.2) is 0 Å². The highest BCUT2D eigenvalue weighted by Gasteiger charge is 2.53. The maximum Gasteiger partial charge on any atom is 0.189 e. The molecule has 0 aliphatic rings. The molecule has 0 aromatic heterocycles. The predicted molar refractivity (Wildman–Crippen MR) is 261 cm³/mol. The largest absolute Gasteiger partial charge is 0.382 e. The fourth-order valence-electron chi connectivity index (χ4n) is 8.46. The van der Waals surface area contributed by atoms with E-state index >= 15 is 0 Å². The molecule has 0 spiro atoms. The van der Waals surface area contributed by atoms with Crippen LogP contribution in [0, 0.1) is 0 Å². The number of rotatable bonds is 49. The van der Waals surface area contributed by atoms with Crippen LogP contribution >= 0.6 is 0 Å². The monoisotopic (exact) mass is 859 g/mol. The van der Waals surface area contributed by atoms with E-state index in [-0.39, 0.29) is 19.3 Å². The molecule has 0 saturated carbocycles. The fraction of sp³-hybridized carbons (Fsp3) is 0.873. The van der Waals surface area contributed by atoms with Crippen molar-refractivity contribution >= 4 is 17.3 Å². The first-order chi connectivity index (χ1) is 29.8. The lowest BCUT2D eigenvalue weighted by atomic mass is 9.78. The number of Topliss-reactive ketones (excluding diaryl/α,β-unsaturated/α-hetero) is 3. The van der Waals surface area contributed by atoms with Gasteiger partial charge in [-0.2, -0.15) is 0 Å². The van der Waals surface area contributed by atoms with Crippen LogP contribution < -0.4 is 0 Å². The Bertz CT molecular complexity index is 991. The summed E-state index contributed by atoms with van der Waals surface area (Å²) in [6, 6.07) is 0. The average Bonchev–Trinajstić information content (AvgIpc) is 3.26. The predicted octanol–water partition coefficient (Wildman–Crippen LogP) is 15.7. The molecule has 0 radical (unpaired) electrons. The van der Waals surface area contributed by atoms with Crippen molar-refractivity contribution in [1.29, 1.82) is 0 Å². The molecule has 0 aliphatic carbocycles. The standard InChI is InChI=1S/C55H102O6/c1-4-7-10-13-16-19-22-25-27-30-32-35-38-41-44-47-50(56)53(59)55(61,52(58)49-46-43-40-37-34-29-24-21-18-15-12-9-6-3)54(60)51(57)48-45-42-39-36-33-31-28-26-23-20-17-14-11-8-5-2/h25-28,53-54,59-61H,4-24,29-49H2,1-3H3. The van der Waals surface area contributed by atoms with Crippen LogP contribution in [0.1, 0.15) is 290 Å². The molecule has 3 N–H and O–H groups in total. The SMILES string of the molecule is CCCCCCCCC=CCCCCCCCC(=O)C(O)C(O)(C(=O)CCCCCCCCCCCCCCC)C(O)C(=O)CCCCCCCC=CCCCCCCCC. The highest BCUT2D eigenvalue weighted by Crippen LogP contribution is 2.26. The van der Waals surface area contributed by atoms with Crippen molar-refractivity contribution in [3.8, 4) is 0 Å². The summed E-state index contributed by atoms with van der Waals surface area (Å²) >= 11 is 0. The van der Waals surface area contributed by atoms with Crippen LogP contribution in [0.3, 0.4) is 0 Å². The maximum absolute atomic E-state index is 13.6. The molecule has 0 aromatic carbocycles. The summed E-state index contributed by atoms with van der Waals surface area (Å²) < 4.78 is 0. The van der Waals surface area contributed by atoms with Crippen molar-refractivity contribution < 1.29 is 29.7 Å². The minimum Gasteiger partial charge on any atom is -0.382 e. The molecular weight excluding hydrogens is 757 g/mol. The lowest BCUT2D eigenvalue weighted by molar-refractivity contribution is -0.181. The maximum atomic E-state index is 13.6. The van der Waals surface area contributed by atoms with Gasteiger partial charge >= 0.3 is 0 Å². The van der Waals surface area contributed by atoms with Crippen LogP contribution in [0.25, 0.3) is 0 Å². The molecule has 0 amide bonds. The van der Waals surface area contributed by atoms with Crippen molar-refractivity contribution in [2.45, 2.75) is 308 Å². The molecule has 6 nitrogen and oxygen atoms in total. The Morgan fingerprint density at radius 1 is 0.344 bits per heavy atom. The van der Waals surface area contributed by atoms with Crippen LogP contribution in [-0.4, -0.2) is 50.5 Å². The highest BCUT2D eigenvalue weighted by molar-refractivity contribution is 6.01. The Morgan fingerprint density at radius 3 is 0.820 bits per heavy atom. The molecule has 0 rings (SSSR count). The first-order valence-corrected chi connectivity index (χ1v) is 26.7. The van der Waals surface area contributed by atoms with Crippen LogP contribution in [0.4, 0.5) is 0 Å². The molecule has 61 heavy (non-hydrogen) atoms. The average molecular weight is 859 g/mol. The zero-order valence-corrected chi connectivity index (χ0v) is 40.7. The van der Waals surface area contributed by atoms with E-state index in [2.05, 4.69) is 45.1 Å². The second kappa shape index (κ2) is 45.0. The van der Waals surface area contributed by atoms with E-state index in [4.69, 9.17) is 0 Å². The number of carbonyl (C=O) groups excluding carboxylic acids is 3. The molecule has 0 aliphatic heterocycles. The first-order valence-electron chi connectivity index (χ1n) is 26.7. The van der Waals surface area contributed by atoms with Crippen LogP contribution in [0.2, 0.25) is 0 Å². The topological polar surface area (TPSA) is 112 Å². The highest BCUT2D eigenvalue weighted by atomic mass is 16.4. The van der Waals surface area contributed by atoms with Gasteiger partial charge in [0.25, 0.3) is 0 Å². The van der Waals surface area contributed by atoms with E-state index in [1.165, 1.54) is 135 Å². The van der Waals surface area contributed by atoms with Gasteiger partial charge in [-0.1, -0.05) is 225 Å². The fourth-order valence-corrected chi connectivity index (χ4v) is 8.46. The zero-order chi connectivity index (χ0) is 44.9. The molecule has 0 aromatic rings. The van der Waals surface area contributed by atoms with Gasteiger partial charge < -0.3 is 15.3 Å². The Kier molecular flexibility index (Phi) is 43.8. The van der Waals surface area contributed by atoms with Gasteiger partial charge in [0, 0.05) is 19.3 Å². The molecular formula is C55H102O6. The van der Waals surface area contributed by atoms with Crippen molar-refractivity contribution in [1.82, 2.24) is 0 Å². The van der Waals surface area contributed by atoms with Gasteiger partial charge in [0.1, 0.15) is 0 Å². The van der Waals surface area contributed by atoms with E-state index in [0.29, 0.717) is 19.3 Å². The second-order valence-corrected chi connectivity index (χ2v) is 18.6. The number of carbonyl (C=O) groups is 3. The van der Waals surface area contributed by atoms with Crippen LogP contribution in [0.5, 0.6) is 0 Å². The number of hydrogen-bond acceptors (Lipinski definition) is 6. The van der Waals surface area contributed by atoms with Crippen LogP contribution in [0.15, 0.2) is 24.3 Å². The Balaban J connectivity index is 4.81.